The van der Waals surface area contributed by atoms with Gasteiger partial charge in [-0.3, -0.25) is 4.79 Å². The summed E-state index contributed by atoms with van der Waals surface area (Å²) in [5.74, 6) is 0.545. The molecule has 1 aromatic heterocycles. The van der Waals surface area contributed by atoms with E-state index < -0.39 is 0 Å². The van der Waals surface area contributed by atoms with Crippen molar-refractivity contribution in [1.29, 1.82) is 0 Å². The highest BCUT2D eigenvalue weighted by Gasteiger charge is 2.07. The first-order valence-electron chi connectivity index (χ1n) is 6.81. The van der Waals surface area contributed by atoms with Gasteiger partial charge in [0.05, 0.1) is 16.3 Å². The van der Waals surface area contributed by atoms with Gasteiger partial charge < -0.3 is 0 Å². The molecule has 0 bridgehead atoms. The minimum absolute atomic E-state index is 0.134. The van der Waals surface area contributed by atoms with Gasteiger partial charge in [0.15, 0.2) is 5.78 Å². The third-order valence-corrected chi connectivity index (χ3v) is 4.23. The number of fused-ring (bicyclic) bond motifs is 1. The second kappa shape index (κ2) is 6.10. The molecule has 104 valence electrons. The molecule has 0 saturated heterocycles. The Labute approximate surface area is 128 Å². The van der Waals surface area contributed by atoms with Crippen LogP contribution in [0.25, 0.3) is 10.9 Å². The zero-order chi connectivity index (χ0) is 14.7. The lowest BCUT2D eigenvalue weighted by molar-refractivity contribution is 0.102. The van der Waals surface area contributed by atoms with E-state index in [4.69, 9.17) is 0 Å². The van der Waals surface area contributed by atoms with Gasteiger partial charge in [-0.2, -0.15) is 0 Å². The molecular formula is C18H15NOS. The van der Waals surface area contributed by atoms with Gasteiger partial charge in [-0.1, -0.05) is 65.9 Å². The van der Waals surface area contributed by atoms with Gasteiger partial charge in [-0.05, 0) is 19.1 Å². The van der Waals surface area contributed by atoms with Crippen LogP contribution in [0.4, 0.5) is 0 Å². The maximum atomic E-state index is 12.1. The summed E-state index contributed by atoms with van der Waals surface area (Å²) in [5, 5.41) is 2.00. The Bertz CT molecular complexity index is 781. The average Bonchev–Trinajstić information content (AvgIpc) is 2.53. The van der Waals surface area contributed by atoms with Crippen LogP contribution < -0.4 is 0 Å². The van der Waals surface area contributed by atoms with Crippen LogP contribution in [-0.4, -0.2) is 16.5 Å². The highest BCUT2D eigenvalue weighted by molar-refractivity contribution is 7.99. The van der Waals surface area contributed by atoms with Crippen molar-refractivity contribution < 1.29 is 4.79 Å². The molecule has 0 fully saturated rings. The van der Waals surface area contributed by atoms with Crippen molar-refractivity contribution >= 4 is 28.4 Å². The van der Waals surface area contributed by atoms with Crippen LogP contribution in [0.2, 0.25) is 0 Å². The molecule has 3 aromatic rings. The Balaban J connectivity index is 1.71. The zero-order valence-corrected chi connectivity index (χ0v) is 12.6. The van der Waals surface area contributed by atoms with E-state index in [0.717, 1.165) is 27.1 Å². The summed E-state index contributed by atoms with van der Waals surface area (Å²) in [4.78, 5) is 16.7. The minimum Gasteiger partial charge on any atom is -0.293 e. The van der Waals surface area contributed by atoms with E-state index in [0.29, 0.717) is 5.75 Å². The number of benzene rings is 2. The smallest absolute Gasteiger partial charge is 0.173 e. The van der Waals surface area contributed by atoms with Crippen LogP contribution >= 0.6 is 11.8 Å². The van der Waals surface area contributed by atoms with Crippen LogP contribution in [0, 0.1) is 6.92 Å². The third kappa shape index (κ3) is 3.31. The molecule has 0 radical (unpaired) electrons. The number of hydrogen-bond acceptors (Lipinski definition) is 3. The Morgan fingerprint density at radius 2 is 1.76 bits per heavy atom. The Kier molecular flexibility index (Phi) is 4.02. The van der Waals surface area contributed by atoms with Crippen molar-refractivity contribution in [3.63, 3.8) is 0 Å². The van der Waals surface area contributed by atoms with E-state index in [1.807, 2.05) is 67.6 Å². The van der Waals surface area contributed by atoms with E-state index in [-0.39, 0.29) is 5.78 Å². The highest BCUT2D eigenvalue weighted by atomic mass is 32.2. The minimum atomic E-state index is 0.134. The largest absolute Gasteiger partial charge is 0.293 e. The van der Waals surface area contributed by atoms with Crippen LogP contribution in [0.15, 0.2) is 65.7 Å². The Morgan fingerprint density at radius 1 is 1.00 bits per heavy atom. The number of hydrogen-bond donors (Lipinski definition) is 0. The topological polar surface area (TPSA) is 30.0 Å². The predicted octanol–water partition coefficient (Wildman–Crippen LogP) is 4.52. The maximum Gasteiger partial charge on any atom is 0.173 e. The lowest BCUT2D eigenvalue weighted by Gasteiger charge is -2.03. The van der Waals surface area contributed by atoms with Gasteiger partial charge in [0, 0.05) is 10.9 Å². The molecule has 0 amide bonds. The summed E-state index contributed by atoms with van der Waals surface area (Å²) in [7, 11) is 0. The first kappa shape index (κ1) is 13.8. The van der Waals surface area contributed by atoms with Crippen LogP contribution in [0.5, 0.6) is 0 Å². The molecule has 2 aromatic carbocycles. The molecule has 0 unspecified atom stereocenters. The predicted molar refractivity (Wildman–Crippen MR) is 88.0 cm³/mol. The van der Waals surface area contributed by atoms with Crippen LogP contribution in [0.1, 0.15) is 15.9 Å². The van der Waals surface area contributed by atoms with E-state index in [1.165, 1.54) is 11.8 Å². The van der Waals surface area contributed by atoms with Gasteiger partial charge in [-0.15, -0.1) is 0 Å². The first-order valence-corrected chi connectivity index (χ1v) is 7.79. The van der Waals surface area contributed by atoms with Crippen molar-refractivity contribution in [3.05, 3.63) is 71.8 Å². The number of Topliss-reactive ketones (excluding diaryl/α,β-unsaturated/α-hetero) is 1. The number of thioether (sulfide) groups is 1. The lowest BCUT2D eigenvalue weighted by Crippen LogP contribution is -2.02. The van der Waals surface area contributed by atoms with Crippen molar-refractivity contribution in [1.82, 2.24) is 4.98 Å². The van der Waals surface area contributed by atoms with Crippen molar-refractivity contribution in [3.8, 4) is 0 Å². The molecule has 2 nitrogen and oxygen atoms in total. The molecule has 3 rings (SSSR count). The number of carbonyl (C=O) groups excluding carboxylic acids is 1. The first-order chi connectivity index (χ1) is 10.2. The molecule has 0 aliphatic heterocycles. The number of aromatic nitrogens is 1. The number of ketones is 1. The number of para-hydroxylation sites is 1. The fourth-order valence-electron chi connectivity index (χ4n) is 2.09. The average molecular weight is 293 g/mol. The molecule has 3 heteroatoms. The van der Waals surface area contributed by atoms with Crippen molar-refractivity contribution in [2.45, 2.75) is 11.9 Å². The van der Waals surface area contributed by atoms with Crippen LogP contribution in [0.3, 0.4) is 0 Å². The molecule has 0 spiro atoms. The SMILES string of the molecule is Cc1ccc(C(=O)CSc2ccc3ccccc3n2)cc1. The number of rotatable bonds is 4. The molecule has 21 heavy (non-hydrogen) atoms. The quantitative estimate of drug-likeness (QED) is 0.523. The fraction of sp³-hybridized carbons (Fsp3) is 0.111. The molecular weight excluding hydrogens is 278 g/mol. The fourth-order valence-corrected chi connectivity index (χ4v) is 2.86. The summed E-state index contributed by atoms with van der Waals surface area (Å²) < 4.78 is 0. The normalized spacial score (nSPS) is 10.7. The molecule has 0 N–H and O–H groups in total. The van der Waals surface area contributed by atoms with E-state index >= 15 is 0 Å². The molecule has 0 atom stereocenters. The molecule has 0 saturated carbocycles. The number of pyridine rings is 1. The van der Waals surface area contributed by atoms with E-state index in [2.05, 4.69) is 4.98 Å². The Morgan fingerprint density at radius 3 is 2.57 bits per heavy atom. The second-order valence-electron chi connectivity index (χ2n) is 4.92. The van der Waals surface area contributed by atoms with Crippen molar-refractivity contribution in [2.75, 3.05) is 5.75 Å². The number of nitrogens with zero attached hydrogens (tertiary/aromatic N) is 1. The summed E-state index contributed by atoms with van der Waals surface area (Å²) in [5.41, 5.74) is 2.88. The lowest BCUT2D eigenvalue weighted by atomic mass is 10.1. The second-order valence-corrected chi connectivity index (χ2v) is 5.92. The molecule has 1 heterocycles. The number of aryl methyl sites for hydroxylation is 1. The van der Waals surface area contributed by atoms with Gasteiger partial charge in [0.25, 0.3) is 0 Å². The van der Waals surface area contributed by atoms with Crippen LogP contribution in [-0.2, 0) is 0 Å². The van der Waals surface area contributed by atoms with Crippen molar-refractivity contribution in [2.24, 2.45) is 0 Å². The summed E-state index contributed by atoms with van der Waals surface area (Å²) in [6.07, 6.45) is 0. The highest BCUT2D eigenvalue weighted by Crippen LogP contribution is 2.21. The summed E-state index contributed by atoms with van der Waals surface area (Å²) in [6.45, 7) is 2.02. The van der Waals surface area contributed by atoms with Gasteiger partial charge in [-0.25, -0.2) is 4.98 Å². The summed E-state index contributed by atoms with van der Waals surface area (Å²) in [6, 6.07) is 19.7. The van der Waals surface area contributed by atoms with Gasteiger partial charge >= 0.3 is 0 Å². The van der Waals surface area contributed by atoms with E-state index in [9.17, 15) is 4.79 Å². The zero-order valence-electron chi connectivity index (χ0n) is 11.7. The molecule has 0 aliphatic carbocycles. The summed E-state index contributed by atoms with van der Waals surface area (Å²) >= 11 is 1.48. The molecule has 0 aliphatic rings. The number of carbonyl (C=O) groups is 1. The Hall–Kier alpha value is -2.13. The maximum absolute atomic E-state index is 12.1. The van der Waals surface area contributed by atoms with Gasteiger partial charge in [0.2, 0.25) is 0 Å². The standard InChI is InChI=1S/C18H15NOS/c1-13-6-8-15(9-7-13)17(20)12-21-18-11-10-14-4-2-3-5-16(14)19-18/h2-11H,12H2,1H3. The van der Waals surface area contributed by atoms with Gasteiger partial charge in [0.1, 0.15) is 0 Å². The third-order valence-electron chi connectivity index (χ3n) is 3.30. The van der Waals surface area contributed by atoms with E-state index in [1.54, 1.807) is 0 Å². The monoisotopic (exact) mass is 293 g/mol.